The molecule has 0 spiro atoms. The Morgan fingerprint density at radius 1 is 1.19 bits per heavy atom. The van der Waals surface area contributed by atoms with Crippen LogP contribution in [0.2, 0.25) is 0 Å². The molecule has 0 aliphatic carbocycles. The molecule has 2 atom stereocenters. The molecule has 1 fully saturated rings. The zero-order valence-corrected chi connectivity index (χ0v) is 21.8. The molecule has 13 heteroatoms. The number of amides is 2. The third-order valence-corrected chi connectivity index (χ3v) is 6.89. The van der Waals surface area contributed by atoms with Gasteiger partial charge in [-0.1, -0.05) is 43.7 Å². The molecule has 0 saturated carbocycles. The number of nitrogens with zero attached hydrogens (tertiary/aromatic N) is 3. The summed E-state index contributed by atoms with van der Waals surface area (Å²) in [4.78, 5) is 58.7. The fourth-order valence-corrected chi connectivity index (χ4v) is 4.74. The number of carbonyl (C=O) groups excluding carboxylic acids is 3. The van der Waals surface area contributed by atoms with E-state index in [9.17, 15) is 23.8 Å². The second kappa shape index (κ2) is 13.4. The molecule has 12 nitrogen and oxygen atoms in total. The fourth-order valence-electron chi connectivity index (χ4n) is 3.52. The minimum Gasteiger partial charge on any atom is -0.375 e. The second-order valence-corrected chi connectivity index (χ2v) is 10.4. The number of esters is 1. The van der Waals surface area contributed by atoms with Gasteiger partial charge in [-0.3, -0.25) is 9.36 Å². The van der Waals surface area contributed by atoms with Gasteiger partial charge in [0, 0.05) is 37.4 Å². The molecular weight excluding hydrogens is 501 g/mol. The summed E-state index contributed by atoms with van der Waals surface area (Å²) in [5.41, 5.74) is 1.13. The van der Waals surface area contributed by atoms with E-state index in [1.807, 2.05) is 13.0 Å². The number of aromatic nitrogens is 2. The van der Waals surface area contributed by atoms with Crippen molar-refractivity contribution in [3.05, 3.63) is 47.8 Å². The number of benzene rings is 1. The lowest BCUT2D eigenvalue weighted by Gasteiger charge is -2.27. The molecule has 1 aromatic carbocycles. The zero-order valence-electron chi connectivity index (χ0n) is 20.9. The number of hydrogen-bond donors (Lipinski definition) is 3. The molecule has 1 aromatic heterocycles. The van der Waals surface area contributed by atoms with Crippen LogP contribution in [0.3, 0.4) is 0 Å². The molecule has 2 aromatic rings. The van der Waals surface area contributed by atoms with Crippen LogP contribution >= 0.6 is 7.60 Å². The number of nitrogens with one attached hydrogen (secondary N) is 2. The van der Waals surface area contributed by atoms with Crippen molar-refractivity contribution in [1.29, 1.82) is 0 Å². The van der Waals surface area contributed by atoms with Crippen molar-refractivity contribution in [3.63, 3.8) is 0 Å². The number of unbranched alkanes of at least 4 members (excludes halogenated alkanes) is 1. The van der Waals surface area contributed by atoms with Crippen molar-refractivity contribution in [2.75, 3.05) is 38.9 Å². The smallest absolute Gasteiger partial charge is 0.375 e. The molecule has 0 bridgehead atoms. The maximum atomic E-state index is 13.1. The number of aryl methyl sites for hydroxylation is 1. The molecular formula is C24H32N5O7P. The van der Waals surface area contributed by atoms with Gasteiger partial charge in [0.05, 0.1) is 12.8 Å². The van der Waals surface area contributed by atoms with E-state index in [0.29, 0.717) is 49.7 Å². The molecule has 3 N–H and O–H groups in total. The van der Waals surface area contributed by atoms with E-state index in [1.54, 1.807) is 31.2 Å². The normalized spacial score (nSPS) is 15.9. The minimum atomic E-state index is -4.31. The fraction of sp³-hybridized carbons (Fsp3) is 0.458. The van der Waals surface area contributed by atoms with Gasteiger partial charge in [-0.15, -0.1) is 0 Å². The third kappa shape index (κ3) is 8.71. The van der Waals surface area contributed by atoms with E-state index >= 15 is 0 Å². The Morgan fingerprint density at radius 2 is 1.89 bits per heavy atom. The van der Waals surface area contributed by atoms with Crippen LogP contribution in [0.4, 0.5) is 4.79 Å². The van der Waals surface area contributed by atoms with E-state index in [-0.39, 0.29) is 12.3 Å². The summed E-state index contributed by atoms with van der Waals surface area (Å²) >= 11 is 0. The summed E-state index contributed by atoms with van der Waals surface area (Å²) in [5.74, 6) is -1.67. The Balaban J connectivity index is 1.79. The molecule has 1 aliphatic rings. The molecule has 0 radical (unpaired) electrons. The lowest BCUT2D eigenvalue weighted by molar-refractivity contribution is -0.140. The first-order valence-electron chi connectivity index (χ1n) is 12.1. The predicted molar refractivity (Wildman–Crippen MR) is 135 cm³/mol. The van der Waals surface area contributed by atoms with Crippen LogP contribution in [0.15, 0.2) is 36.4 Å². The van der Waals surface area contributed by atoms with E-state index in [0.717, 1.165) is 6.42 Å². The first-order chi connectivity index (χ1) is 17.7. The van der Waals surface area contributed by atoms with Crippen molar-refractivity contribution >= 4 is 25.6 Å². The number of carbonyl (C=O) groups is 3. The number of hydrogen-bond acceptors (Lipinski definition) is 9. The largest absolute Gasteiger partial charge is 0.417 e. The van der Waals surface area contributed by atoms with Crippen LogP contribution in [0.1, 0.15) is 35.9 Å². The monoisotopic (exact) mass is 533 g/mol. The highest BCUT2D eigenvalue weighted by molar-refractivity contribution is 7.52. The van der Waals surface area contributed by atoms with Crippen LogP contribution in [-0.2, 0) is 18.6 Å². The van der Waals surface area contributed by atoms with Gasteiger partial charge in [-0.2, -0.15) is 0 Å². The first kappa shape index (κ1) is 28.4. The lowest BCUT2D eigenvalue weighted by atomic mass is 10.2. The summed E-state index contributed by atoms with van der Waals surface area (Å²) in [6.45, 7) is 5.34. The molecule has 1 aliphatic heterocycles. The van der Waals surface area contributed by atoms with Gasteiger partial charge < -0.3 is 29.7 Å². The lowest BCUT2D eigenvalue weighted by Crippen LogP contribution is -2.50. The summed E-state index contributed by atoms with van der Waals surface area (Å²) < 4.78 is 22.7. The predicted octanol–water partition coefficient (Wildman–Crippen LogP) is 2.12. The highest BCUT2D eigenvalue weighted by Gasteiger charge is 2.35. The van der Waals surface area contributed by atoms with Crippen LogP contribution in [0.5, 0.6) is 0 Å². The average molecular weight is 534 g/mol. The molecule has 1 saturated heterocycles. The molecule has 2 heterocycles. The van der Waals surface area contributed by atoms with Gasteiger partial charge in [-0.25, -0.2) is 19.6 Å². The molecule has 3 rings (SSSR count). The van der Waals surface area contributed by atoms with Gasteiger partial charge in [0.15, 0.2) is 5.82 Å². The highest BCUT2D eigenvalue weighted by atomic mass is 31.2. The van der Waals surface area contributed by atoms with Crippen LogP contribution < -0.4 is 10.6 Å². The van der Waals surface area contributed by atoms with Gasteiger partial charge in [0.25, 0.3) is 5.91 Å². The summed E-state index contributed by atoms with van der Waals surface area (Å²) in [6, 6.07) is 8.81. The van der Waals surface area contributed by atoms with Gasteiger partial charge >= 0.3 is 19.7 Å². The molecule has 2 amide bonds. The SMILES string of the molecule is CCCCOP(=O)(O)CC(NC(=O)c1cc(C)nc(-c2ccccc2)n1)C(=O)OC(=O)N1CCNCC1. The van der Waals surface area contributed by atoms with Crippen molar-refractivity contribution in [1.82, 2.24) is 25.5 Å². The number of ether oxygens (including phenoxy) is 1. The van der Waals surface area contributed by atoms with Crippen LogP contribution in [0, 0.1) is 6.92 Å². The maximum Gasteiger partial charge on any atom is 0.417 e. The second-order valence-electron chi connectivity index (χ2n) is 8.54. The maximum absolute atomic E-state index is 13.1. The van der Waals surface area contributed by atoms with E-state index in [4.69, 9.17) is 9.26 Å². The zero-order chi connectivity index (χ0) is 26.8. The Morgan fingerprint density at radius 3 is 2.57 bits per heavy atom. The Labute approximate surface area is 215 Å². The summed E-state index contributed by atoms with van der Waals surface area (Å²) in [6.07, 6.45) is -0.394. The van der Waals surface area contributed by atoms with Gasteiger partial charge in [0.2, 0.25) is 0 Å². The van der Waals surface area contributed by atoms with Crippen LogP contribution in [-0.4, -0.2) is 82.7 Å². The van der Waals surface area contributed by atoms with Gasteiger partial charge in [-0.05, 0) is 19.4 Å². The summed E-state index contributed by atoms with van der Waals surface area (Å²) in [5, 5.41) is 5.47. The average Bonchev–Trinajstić information content (AvgIpc) is 2.88. The molecule has 200 valence electrons. The minimum absolute atomic E-state index is 0.00520. The number of piperazine rings is 1. The molecule has 2 unspecified atom stereocenters. The summed E-state index contributed by atoms with van der Waals surface area (Å²) in [7, 11) is -4.31. The van der Waals surface area contributed by atoms with E-state index < -0.39 is 37.8 Å². The van der Waals surface area contributed by atoms with E-state index in [2.05, 4.69) is 20.6 Å². The van der Waals surface area contributed by atoms with Gasteiger partial charge in [0.1, 0.15) is 11.7 Å². The van der Waals surface area contributed by atoms with Crippen molar-refractivity contribution in [2.24, 2.45) is 0 Å². The quantitative estimate of drug-likeness (QED) is 0.179. The van der Waals surface area contributed by atoms with E-state index in [1.165, 1.54) is 11.0 Å². The first-order valence-corrected chi connectivity index (χ1v) is 13.8. The Bertz CT molecular complexity index is 1140. The topological polar surface area (TPSA) is 160 Å². The Hall–Kier alpha value is -3.18. The van der Waals surface area contributed by atoms with Crippen molar-refractivity contribution in [3.8, 4) is 11.4 Å². The highest BCUT2D eigenvalue weighted by Crippen LogP contribution is 2.42. The standard InChI is InChI=1S/C24H32N5O7P/c1-3-4-14-35-37(33,34)16-20(23(31)36-24(32)29-12-10-25-11-13-29)28-22(30)19-15-17(2)26-21(27-19)18-8-6-5-7-9-18/h5-9,15,20,25H,3-4,10-14,16H2,1-2H3,(H,28,30)(H,33,34). The third-order valence-electron chi connectivity index (χ3n) is 5.48. The molecule has 37 heavy (non-hydrogen) atoms. The van der Waals surface area contributed by atoms with Crippen molar-refractivity contribution in [2.45, 2.75) is 32.7 Å². The number of rotatable bonds is 10. The Kier molecular flexibility index (Phi) is 10.3. The van der Waals surface area contributed by atoms with Crippen molar-refractivity contribution < 1.29 is 33.1 Å². The van der Waals surface area contributed by atoms with Crippen LogP contribution in [0.25, 0.3) is 11.4 Å².